The number of nitriles is 1. The lowest BCUT2D eigenvalue weighted by Gasteiger charge is -2.40. The van der Waals surface area contributed by atoms with Crippen LogP contribution in [0.5, 0.6) is 0 Å². The van der Waals surface area contributed by atoms with Gasteiger partial charge in [-0.1, -0.05) is 52.7 Å². The summed E-state index contributed by atoms with van der Waals surface area (Å²) >= 11 is 12.8. The molecule has 254 valence electrons. The lowest BCUT2D eigenvalue weighted by Crippen LogP contribution is -2.46. The summed E-state index contributed by atoms with van der Waals surface area (Å²) in [5, 5.41) is 27.3. The van der Waals surface area contributed by atoms with Crippen molar-refractivity contribution >= 4 is 51.2 Å². The zero-order valence-corrected chi connectivity index (χ0v) is 29.8. The third-order valence-corrected chi connectivity index (χ3v) is 9.45. The molecule has 1 atom stereocenters. The number of aromatic nitrogens is 4. The zero-order chi connectivity index (χ0) is 34.9. The number of pyridine rings is 1. The van der Waals surface area contributed by atoms with Gasteiger partial charge in [0.1, 0.15) is 17.6 Å². The van der Waals surface area contributed by atoms with Gasteiger partial charge < -0.3 is 15.5 Å². The van der Waals surface area contributed by atoms with Crippen molar-refractivity contribution in [3.63, 3.8) is 0 Å². The van der Waals surface area contributed by atoms with E-state index < -0.39 is 11.9 Å². The summed E-state index contributed by atoms with van der Waals surface area (Å²) in [7, 11) is 4.09. The molecule has 0 bridgehead atoms. The SMILES string of the molecule is CN(C)Cc1cccc([C@H](Nc2cc(Cl)cc3c(Nc4ccc(F)c(Cl)c4)c(C#N)cnc23)c2cn(C3CCN(C(C)(C)C)CC3)nn2)c1. The maximum Gasteiger partial charge on any atom is 0.141 e. The van der Waals surface area contributed by atoms with Gasteiger partial charge in [0.15, 0.2) is 0 Å². The van der Waals surface area contributed by atoms with Gasteiger partial charge in [0.25, 0.3) is 0 Å². The quantitative estimate of drug-likeness (QED) is 0.158. The number of piperidine rings is 1. The van der Waals surface area contributed by atoms with Crippen molar-refractivity contribution in [1.29, 1.82) is 5.26 Å². The smallest absolute Gasteiger partial charge is 0.141 e. The van der Waals surface area contributed by atoms with Gasteiger partial charge in [-0.25, -0.2) is 9.07 Å². The number of hydrogen-bond acceptors (Lipinski definition) is 8. The summed E-state index contributed by atoms with van der Waals surface area (Å²) in [6.07, 6.45) is 5.56. The number of benzene rings is 3. The molecule has 1 aliphatic heterocycles. The first-order valence-electron chi connectivity index (χ1n) is 16.3. The molecule has 2 aromatic heterocycles. The van der Waals surface area contributed by atoms with Gasteiger partial charge in [-0.15, -0.1) is 5.10 Å². The first kappa shape index (κ1) is 34.6. The summed E-state index contributed by atoms with van der Waals surface area (Å²) in [5.74, 6) is -0.533. The molecule has 2 N–H and O–H groups in total. The topological polar surface area (TPSA) is 97.9 Å². The largest absolute Gasteiger partial charge is 0.371 e. The number of hydrogen-bond donors (Lipinski definition) is 2. The summed E-state index contributed by atoms with van der Waals surface area (Å²) in [6, 6.07) is 18.4. The molecule has 1 aliphatic rings. The molecule has 3 aromatic carbocycles. The molecule has 9 nitrogen and oxygen atoms in total. The lowest BCUT2D eigenvalue weighted by molar-refractivity contribution is 0.0866. The summed E-state index contributed by atoms with van der Waals surface area (Å²) < 4.78 is 15.9. The Hall–Kier alpha value is -4.27. The molecular formula is C37H40Cl2FN9. The van der Waals surface area contributed by atoms with Gasteiger partial charge in [-0.2, -0.15) is 5.26 Å². The molecule has 6 rings (SSSR count). The van der Waals surface area contributed by atoms with Crippen LogP contribution in [0.2, 0.25) is 10.0 Å². The third kappa shape index (κ3) is 7.81. The van der Waals surface area contributed by atoms with E-state index in [0.29, 0.717) is 38.6 Å². The fraction of sp³-hybridized carbons (Fsp3) is 0.351. The Balaban J connectivity index is 1.40. The van der Waals surface area contributed by atoms with Crippen molar-refractivity contribution in [2.45, 2.75) is 57.8 Å². The normalized spacial score (nSPS) is 15.0. The van der Waals surface area contributed by atoms with Crippen LogP contribution in [0.15, 0.2) is 67.0 Å². The lowest BCUT2D eigenvalue weighted by atomic mass is 9.98. The van der Waals surface area contributed by atoms with Crippen LogP contribution in [0.4, 0.5) is 21.5 Å². The minimum Gasteiger partial charge on any atom is -0.371 e. The highest BCUT2D eigenvalue weighted by Crippen LogP contribution is 2.38. The standard InChI is InChI=1S/C37H40Cl2FN9/c1-37(2,3)48-13-11-28(12-14-48)49-22-33(45-46-49)35(24-8-6-7-23(15-24)21-47(4)5)44-32-17-26(38)16-29-34(25(19-41)20-42-36(29)32)43-27-9-10-31(40)30(39)18-27/h6-10,15-18,20,22,28,35,44H,11-14,21H2,1-5H3,(H,42,43)/t35-/m0/s1. The number of nitrogens with zero attached hydrogens (tertiary/aromatic N) is 7. The Labute approximate surface area is 296 Å². The Morgan fingerprint density at radius 2 is 1.86 bits per heavy atom. The minimum atomic E-state index is -0.533. The second kappa shape index (κ2) is 14.3. The maximum absolute atomic E-state index is 13.9. The summed E-state index contributed by atoms with van der Waals surface area (Å²) in [5.41, 5.74) is 5.62. The molecule has 0 aliphatic carbocycles. The fourth-order valence-electron chi connectivity index (χ4n) is 6.44. The highest BCUT2D eigenvalue weighted by atomic mass is 35.5. The summed E-state index contributed by atoms with van der Waals surface area (Å²) in [4.78, 5) is 9.36. The number of rotatable bonds is 9. The van der Waals surface area contributed by atoms with Crippen molar-refractivity contribution in [1.82, 2.24) is 29.8 Å². The van der Waals surface area contributed by atoms with Gasteiger partial charge in [0, 0.05) is 47.5 Å². The maximum atomic E-state index is 13.9. The zero-order valence-electron chi connectivity index (χ0n) is 28.3. The van der Waals surface area contributed by atoms with E-state index in [9.17, 15) is 9.65 Å². The van der Waals surface area contributed by atoms with E-state index in [2.05, 4.69) is 76.8 Å². The van der Waals surface area contributed by atoms with Gasteiger partial charge in [0.2, 0.25) is 0 Å². The van der Waals surface area contributed by atoms with Gasteiger partial charge in [-0.05, 0) is 89.2 Å². The third-order valence-electron chi connectivity index (χ3n) is 8.94. The van der Waals surface area contributed by atoms with E-state index in [1.807, 2.05) is 31.0 Å². The highest BCUT2D eigenvalue weighted by molar-refractivity contribution is 6.32. The molecule has 12 heteroatoms. The molecule has 5 aromatic rings. The average molecular weight is 701 g/mol. The number of likely N-dealkylation sites (tertiary alicyclic amines) is 1. The molecule has 1 saturated heterocycles. The first-order valence-corrected chi connectivity index (χ1v) is 17.1. The van der Waals surface area contributed by atoms with Crippen molar-refractivity contribution in [3.8, 4) is 6.07 Å². The van der Waals surface area contributed by atoms with Crippen molar-refractivity contribution in [2.24, 2.45) is 0 Å². The van der Waals surface area contributed by atoms with E-state index in [4.69, 9.17) is 33.3 Å². The van der Waals surface area contributed by atoms with E-state index in [1.165, 1.54) is 18.3 Å². The monoisotopic (exact) mass is 699 g/mol. The molecule has 0 spiro atoms. The van der Waals surface area contributed by atoms with Crippen LogP contribution >= 0.6 is 23.2 Å². The Bertz CT molecular complexity index is 2010. The molecule has 49 heavy (non-hydrogen) atoms. The van der Waals surface area contributed by atoms with E-state index >= 15 is 0 Å². The average Bonchev–Trinajstić information content (AvgIpc) is 3.55. The van der Waals surface area contributed by atoms with Crippen LogP contribution in [0.1, 0.15) is 68.1 Å². The van der Waals surface area contributed by atoms with E-state index in [1.54, 1.807) is 12.1 Å². The van der Waals surface area contributed by atoms with Crippen LogP contribution in [0.3, 0.4) is 0 Å². The van der Waals surface area contributed by atoms with Gasteiger partial charge in [0.05, 0.1) is 45.8 Å². The van der Waals surface area contributed by atoms with Crippen molar-refractivity contribution in [2.75, 3.05) is 37.8 Å². The van der Waals surface area contributed by atoms with E-state index in [-0.39, 0.29) is 16.6 Å². The Morgan fingerprint density at radius 3 is 2.55 bits per heavy atom. The van der Waals surface area contributed by atoms with Crippen molar-refractivity contribution < 1.29 is 4.39 Å². The van der Waals surface area contributed by atoms with Crippen LogP contribution in [-0.2, 0) is 6.54 Å². The van der Waals surface area contributed by atoms with Gasteiger partial charge in [-0.3, -0.25) is 9.88 Å². The molecule has 0 unspecified atom stereocenters. The molecular weight excluding hydrogens is 660 g/mol. The van der Waals surface area contributed by atoms with Crippen LogP contribution < -0.4 is 10.6 Å². The molecule has 3 heterocycles. The molecule has 0 saturated carbocycles. The number of anilines is 3. The highest BCUT2D eigenvalue weighted by Gasteiger charge is 2.29. The molecule has 0 amide bonds. The predicted molar refractivity (Wildman–Crippen MR) is 195 cm³/mol. The molecule has 0 radical (unpaired) electrons. The summed E-state index contributed by atoms with van der Waals surface area (Å²) in [6.45, 7) is 9.56. The first-order chi connectivity index (χ1) is 23.4. The second-order valence-corrected chi connectivity index (χ2v) is 14.7. The van der Waals surface area contributed by atoms with Gasteiger partial charge >= 0.3 is 0 Å². The van der Waals surface area contributed by atoms with Crippen molar-refractivity contribution in [3.05, 3.63) is 105 Å². The number of nitrogens with one attached hydrogen (secondary N) is 2. The Kier molecular flexibility index (Phi) is 10.1. The fourth-order valence-corrected chi connectivity index (χ4v) is 6.84. The second-order valence-electron chi connectivity index (χ2n) is 13.8. The number of halogens is 3. The Morgan fingerprint density at radius 1 is 1.08 bits per heavy atom. The molecule has 1 fully saturated rings. The number of fused-ring (bicyclic) bond motifs is 1. The van der Waals surface area contributed by atoms with E-state index in [0.717, 1.165) is 49.3 Å². The van der Waals surface area contributed by atoms with Crippen LogP contribution in [0.25, 0.3) is 10.9 Å². The predicted octanol–water partition coefficient (Wildman–Crippen LogP) is 8.59. The van der Waals surface area contributed by atoms with Crippen LogP contribution in [-0.4, -0.2) is 62.5 Å². The minimum absolute atomic E-state index is 0.0330. The van der Waals surface area contributed by atoms with Crippen LogP contribution in [0, 0.1) is 17.1 Å².